The fourth-order valence-electron chi connectivity index (χ4n) is 1.95. The van der Waals surface area contributed by atoms with Crippen LogP contribution in [0.2, 0.25) is 0 Å². The second-order valence-electron chi connectivity index (χ2n) is 4.93. The van der Waals surface area contributed by atoms with Crippen LogP contribution in [0.5, 0.6) is 11.8 Å². The number of benzene rings is 2. The minimum absolute atomic E-state index is 0.0521. The van der Waals surface area contributed by atoms with Crippen LogP contribution in [0.25, 0.3) is 0 Å². The van der Waals surface area contributed by atoms with Gasteiger partial charge >= 0.3 is 6.01 Å². The molecule has 8 heteroatoms. The van der Waals surface area contributed by atoms with Crippen molar-refractivity contribution in [3.8, 4) is 11.8 Å². The molecule has 3 rings (SSSR count). The lowest BCUT2D eigenvalue weighted by Crippen LogP contribution is -2.12. The largest absolute Gasteiger partial charge is 0.424 e. The highest BCUT2D eigenvalue weighted by Gasteiger charge is 2.10. The van der Waals surface area contributed by atoms with E-state index < -0.39 is 10.8 Å². The molecule has 0 spiro atoms. The van der Waals surface area contributed by atoms with Gasteiger partial charge in [0.15, 0.2) is 0 Å². The van der Waals surface area contributed by atoms with Crippen molar-refractivity contribution in [1.29, 1.82) is 0 Å². The number of carbonyl (C=O) groups is 1. The zero-order chi connectivity index (χ0) is 17.6. The third-order valence-electron chi connectivity index (χ3n) is 3.18. The number of non-ortho nitro benzene ring substituents is 1. The molecule has 3 aromatic rings. The summed E-state index contributed by atoms with van der Waals surface area (Å²) in [7, 11) is 0. The first kappa shape index (κ1) is 16.1. The summed E-state index contributed by atoms with van der Waals surface area (Å²) in [6.45, 7) is 0. The number of nitro benzene ring substituents is 1. The van der Waals surface area contributed by atoms with Crippen molar-refractivity contribution in [2.75, 3.05) is 5.32 Å². The molecule has 0 saturated carbocycles. The molecule has 1 aromatic heterocycles. The van der Waals surface area contributed by atoms with Crippen LogP contribution in [-0.4, -0.2) is 20.8 Å². The molecule has 0 aliphatic carbocycles. The normalized spacial score (nSPS) is 10.1. The lowest BCUT2D eigenvalue weighted by atomic mass is 10.2. The van der Waals surface area contributed by atoms with Crippen LogP contribution in [0.1, 0.15) is 10.4 Å². The Balaban J connectivity index is 1.65. The summed E-state index contributed by atoms with van der Waals surface area (Å²) in [5.74, 6) is 0.158. The Bertz CT molecular complexity index is 881. The molecule has 0 unspecified atom stereocenters. The molecule has 0 aliphatic rings. The number of para-hydroxylation sites is 1. The van der Waals surface area contributed by atoms with Gasteiger partial charge in [-0.05, 0) is 24.3 Å². The van der Waals surface area contributed by atoms with Gasteiger partial charge in [0.2, 0.25) is 0 Å². The van der Waals surface area contributed by atoms with Crippen molar-refractivity contribution >= 4 is 17.3 Å². The standard InChI is InChI=1S/C17H12N4O4/c22-16(20-13-6-8-14(9-7-13)21(23)24)12-10-18-17(19-11-12)25-15-4-2-1-3-5-15/h1-11H,(H,20,22). The van der Waals surface area contributed by atoms with Gasteiger partial charge in [-0.1, -0.05) is 18.2 Å². The molecule has 0 saturated heterocycles. The fourth-order valence-corrected chi connectivity index (χ4v) is 1.95. The van der Waals surface area contributed by atoms with E-state index in [0.29, 0.717) is 11.4 Å². The van der Waals surface area contributed by atoms with Gasteiger partial charge in [0.05, 0.1) is 10.5 Å². The van der Waals surface area contributed by atoms with Gasteiger partial charge in [-0.25, -0.2) is 9.97 Å². The maximum Gasteiger partial charge on any atom is 0.321 e. The number of amides is 1. The molecule has 0 bridgehead atoms. The number of anilines is 1. The summed E-state index contributed by atoms with van der Waals surface area (Å²) >= 11 is 0. The van der Waals surface area contributed by atoms with Gasteiger partial charge in [0.25, 0.3) is 11.6 Å². The van der Waals surface area contributed by atoms with Crippen LogP contribution in [-0.2, 0) is 0 Å². The average Bonchev–Trinajstić information content (AvgIpc) is 2.63. The van der Waals surface area contributed by atoms with Crippen molar-refractivity contribution in [3.05, 3.63) is 82.7 Å². The number of hydrogen-bond acceptors (Lipinski definition) is 6. The number of rotatable bonds is 5. The van der Waals surface area contributed by atoms with E-state index >= 15 is 0 Å². The van der Waals surface area contributed by atoms with E-state index in [0.717, 1.165) is 0 Å². The molecule has 8 nitrogen and oxygen atoms in total. The minimum Gasteiger partial charge on any atom is -0.424 e. The van der Waals surface area contributed by atoms with Gasteiger partial charge in [-0.3, -0.25) is 14.9 Å². The van der Waals surface area contributed by atoms with Crippen molar-refractivity contribution in [2.24, 2.45) is 0 Å². The molecule has 0 atom stereocenters. The van der Waals surface area contributed by atoms with Crippen LogP contribution >= 0.6 is 0 Å². The molecular formula is C17H12N4O4. The zero-order valence-corrected chi connectivity index (χ0v) is 12.8. The topological polar surface area (TPSA) is 107 Å². The molecular weight excluding hydrogens is 324 g/mol. The number of hydrogen-bond donors (Lipinski definition) is 1. The second-order valence-corrected chi connectivity index (χ2v) is 4.93. The van der Waals surface area contributed by atoms with Crippen LogP contribution in [0.4, 0.5) is 11.4 Å². The van der Waals surface area contributed by atoms with E-state index in [4.69, 9.17) is 4.74 Å². The van der Waals surface area contributed by atoms with E-state index in [1.807, 2.05) is 18.2 Å². The van der Waals surface area contributed by atoms with Gasteiger partial charge < -0.3 is 10.1 Å². The predicted molar refractivity (Wildman–Crippen MR) is 89.6 cm³/mol. The first-order chi connectivity index (χ1) is 12.1. The van der Waals surface area contributed by atoms with Crippen molar-refractivity contribution in [2.45, 2.75) is 0 Å². The third-order valence-corrected chi connectivity index (χ3v) is 3.18. The fraction of sp³-hybridized carbons (Fsp3) is 0. The van der Waals surface area contributed by atoms with Crippen LogP contribution < -0.4 is 10.1 Å². The van der Waals surface area contributed by atoms with Crippen molar-refractivity contribution in [3.63, 3.8) is 0 Å². The maximum atomic E-state index is 12.1. The third kappa shape index (κ3) is 4.14. The Hall–Kier alpha value is -3.81. The highest BCUT2D eigenvalue weighted by Crippen LogP contribution is 2.18. The Morgan fingerprint density at radius 1 is 1.00 bits per heavy atom. The van der Waals surface area contributed by atoms with Gasteiger partial charge in [-0.2, -0.15) is 0 Å². The lowest BCUT2D eigenvalue weighted by Gasteiger charge is -2.06. The summed E-state index contributed by atoms with van der Waals surface area (Å²) in [6, 6.07) is 14.7. The first-order valence-electron chi connectivity index (χ1n) is 7.22. The highest BCUT2D eigenvalue weighted by molar-refractivity contribution is 6.03. The Morgan fingerprint density at radius 3 is 2.24 bits per heavy atom. The Morgan fingerprint density at radius 2 is 1.64 bits per heavy atom. The maximum absolute atomic E-state index is 12.1. The monoisotopic (exact) mass is 336 g/mol. The van der Waals surface area contributed by atoms with Crippen molar-refractivity contribution in [1.82, 2.24) is 9.97 Å². The second kappa shape index (κ2) is 7.18. The molecule has 25 heavy (non-hydrogen) atoms. The number of nitrogens with zero attached hydrogens (tertiary/aromatic N) is 3. The average molecular weight is 336 g/mol. The van der Waals surface area contributed by atoms with Crippen LogP contribution in [0.3, 0.4) is 0 Å². The van der Waals surface area contributed by atoms with E-state index in [1.165, 1.54) is 36.7 Å². The van der Waals surface area contributed by atoms with Gasteiger partial charge in [-0.15, -0.1) is 0 Å². The van der Waals surface area contributed by atoms with Gasteiger partial charge in [0, 0.05) is 30.2 Å². The van der Waals surface area contributed by atoms with E-state index in [1.54, 1.807) is 12.1 Å². The smallest absolute Gasteiger partial charge is 0.321 e. The highest BCUT2D eigenvalue weighted by atomic mass is 16.6. The van der Waals surface area contributed by atoms with E-state index in [9.17, 15) is 14.9 Å². The molecule has 0 aliphatic heterocycles. The summed E-state index contributed by atoms with van der Waals surface area (Å²) in [5.41, 5.74) is 0.614. The molecule has 0 fully saturated rings. The number of nitrogens with one attached hydrogen (secondary N) is 1. The summed E-state index contributed by atoms with van der Waals surface area (Å²) in [6.07, 6.45) is 2.68. The summed E-state index contributed by atoms with van der Waals surface area (Å²) in [5, 5.41) is 13.2. The van der Waals surface area contributed by atoms with E-state index in [2.05, 4.69) is 15.3 Å². The molecule has 1 heterocycles. The van der Waals surface area contributed by atoms with Crippen LogP contribution in [0.15, 0.2) is 67.0 Å². The minimum atomic E-state index is -0.509. The van der Waals surface area contributed by atoms with Crippen LogP contribution in [0, 0.1) is 10.1 Å². The SMILES string of the molecule is O=C(Nc1ccc([N+](=O)[O-])cc1)c1cnc(Oc2ccccc2)nc1. The first-order valence-corrected chi connectivity index (χ1v) is 7.22. The number of carbonyl (C=O) groups excluding carboxylic acids is 1. The molecule has 124 valence electrons. The lowest BCUT2D eigenvalue weighted by molar-refractivity contribution is -0.384. The van der Waals surface area contributed by atoms with Crippen molar-refractivity contribution < 1.29 is 14.5 Å². The number of nitro groups is 1. The van der Waals surface area contributed by atoms with Gasteiger partial charge in [0.1, 0.15) is 5.75 Å². The summed E-state index contributed by atoms with van der Waals surface area (Å²) in [4.78, 5) is 30.2. The molecule has 1 amide bonds. The molecule has 0 radical (unpaired) electrons. The molecule has 2 aromatic carbocycles. The van der Waals surface area contributed by atoms with E-state index in [-0.39, 0.29) is 17.3 Å². The number of aromatic nitrogens is 2. The Kier molecular flexibility index (Phi) is 4.61. The quantitative estimate of drug-likeness (QED) is 0.565. The summed E-state index contributed by atoms with van der Waals surface area (Å²) < 4.78 is 5.45. The predicted octanol–water partition coefficient (Wildman–Crippen LogP) is 3.43. The zero-order valence-electron chi connectivity index (χ0n) is 12.8. The number of ether oxygens (including phenoxy) is 1. The Labute approximate surface area is 142 Å². The molecule has 1 N–H and O–H groups in total.